The van der Waals surface area contributed by atoms with Crippen LogP contribution in [0.25, 0.3) is 10.9 Å². The summed E-state index contributed by atoms with van der Waals surface area (Å²) in [6.45, 7) is 4.12. The number of piperidine rings is 1. The van der Waals surface area contributed by atoms with Crippen LogP contribution in [0.15, 0.2) is 42.5 Å². The van der Waals surface area contributed by atoms with Crippen molar-refractivity contribution in [2.24, 2.45) is 0 Å². The standard InChI is InChI=1S/C27H35N5O4/c1-18(33)13-25(34)32-11-9-27(10-12-32,19-7-5-4-6-8-19)17-29-16-24-30-21-15-23(36-3)22(35-2)14-20(21)26(28)31-24/h4-8,14-15,18,29,33H,9-13,16-17H2,1-3H3,(H2,28,30,31). The van der Waals surface area contributed by atoms with Crippen molar-refractivity contribution in [2.75, 3.05) is 39.6 Å². The van der Waals surface area contributed by atoms with Gasteiger partial charge < -0.3 is 30.5 Å². The first-order chi connectivity index (χ1) is 17.3. The maximum atomic E-state index is 12.5. The lowest BCUT2D eigenvalue weighted by molar-refractivity contribution is -0.134. The lowest BCUT2D eigenvalue weighted by Crippen LogP contribution is -2.49. The van der Waals surface area contributed by atoms with Crippen molar-refractivity contribution in [1.82, 2.24) is 20.2 Å². The fourth-order valence-electron chi connectivity index (χ4n) is 4.95. The number of aliphatic hydroxyl groups excluding tert-OH is 1. The van der Waals surface area contributed by atoms with E-state index in [1.165, 1.54) is 5.56 Å². The summed E-state index contributed by atoms with van der Waals surface area (Å²) in [5, 5.41) is 13.9. The molecule has 0 radical (unpaired) electrons. The van der Waals surface area contributed by atoms with Gasteiger partial charge in [-0.25, -0.2) is 9.97 Å². The summed E-state index contributed by atoms with van der Waals surface area (Å²) in [4.78, 5) is 23.5. The van der Waals surface area contributed by atoms with Crippen LogP contribution in [0, 0.1) is 0 Å². The Labute approximate surface area is 211 Å². The molecule has 1 saturated heterocycles. The van der Waals surface area contributed by atoms with E-state index in [9.17, 15) is 9.90 Å². The van der Waals surface area contributed by atoms with Crippen molar-refractivity contribution in [2.45, 2.75) is 44.2 Å². The molecule has 1 fully saturated rings. The number of rotatable bonds is 9. The molecule has 1 amide bonds. The van der Waals surface area contributed by atoms with E-state index in [1.54, 1.807) is 33.3 Å². The number of hydrogen-bond donors (Lipinski definition) is 3. The lowest BCUT2D eigenvalue weighted by Gasteiger charge is -2.42. The average molecular weight is 494 g/mol. The molecule has 1 aromatic heterocycles. The maximum absolute atomic E-state index is 12.5. The topological polar surface area (TPSA) is 123 Å². The number of nitrogens with zero attached hydrogens (tertiary/aromatic N) is 3. The van der Waals surface area contributed by atoms with Crippen LogP contribution in [0.3, 0.4) is 0 Å². The minimum atomic E-state index is -0.629. The number of anilines is 1. The molecule has 0 spiro atoms. The molecule has 1 aliphatic rings. The van der Waals surface area contributed by atoms with Gasteiger partial charge >= 0.3 is 0 Å². The number of aromatic nitrogens is 2. The highest BCUT2D eigenvalue weighted by molar-refractivity contribution is 5.90. The predicted octanol–water partition coefficient (Wildman–Crippen LogP) is 2.65. The van der Waals surface area contributed by atoms with Crippen LogP contribution in [0.4, 0.5) is 5.82 Å². The van der Waals surface area contributed by atoms with Gasteiger partial charge in [-0.05, 0) is 31.4 Å². The molecule has 1 unspecified atom stereocenters. The number of aliphatic hydroxyl groups is 1. The number of methoxy groups -OCH3 is 2. The first-order valence-corrected chi connectivity index (χ1v) is 12.3. The van der Waals surface area contributed by atoms with Crippen LogP contribution in [0.1, 0.15) is 37.6 Å². The molecule has 0 bridgehead atoms. The second kappa shape index (κ2) is 11.1. The van der Waals surface area contributed by atoms with Gasteiger partial charge in [0.1, 0.15) is 11.6 Å². The number of carbonyl (C=O) groups is 1. The number of hydrogen-bond acceptors (Lipinski definition) is 8. The molecule has 192 valence electrons. The van der Waals surface area contributed by atoms with Gasteiger partial charge in [0.15, 0.2) is 11.5 Å². The fourth-order valence-corrected chi connectivity index (χ4v) is 4.95. The summed E-state index contributed by atoms with van der Waals surface area (Å²) in [6.07, 6.45) is 1.18. The molecule has 0 aliphatic carbocycles. The zero-order valence-electron chi connectivity index (χ0n) is 21.2. The van der Waals surface area contributed by atoms with E-state index in [1.807, 2.05) is 11.0 Å². The molecule has 4 N–H and O–H groups in total. The molecule has 4 rings (SSSR count). The van der Waals surface area contributed by atoms with Gasteiger partial charge in [0.05, 0.1) is 38.8 Å². The van der Waals surface area contributed by atoms with Gasteiger partial charge in [-0.15, -0.1) is 0 Å². The van der Waals surface area contributed by atoms with E-state index in [0.29, 0.717) is 60.2 Å². The van der Waals surface area contributed by atoms with Gasteiger partial charge in [-0.1, -0.05) is 30.3 Å². The van der Waals surface area contributed by atoms with Crippen molar-refractivity contribution in [3.8, 4) is 11.5 Å². The Morgan fingerprint density at radius 3 is 2.44 bits per heavy atom. The molecule has 9 nitrogen and oxygen atoms in total. The summed E-state index contributed by atoms with van der Waals surface area (Å²) < 4.78 is 10.8. The van der Waals surface area contributed by atoms with Crippen LogP contribution in [0.2, 0.25) is 0 Å². The second-order valence-electron chi connectivity index (χ2n) is 9.43. The van der Waals surface area contributed by atoms with Crippen molar-refractivity contribution in [1.29, 1.82) is 0 Å². The molecule has 1 aliphatic heterocycles. The number of nitrogens with two attached hydrogens (primary N) is 1. The van der Waals surface area contributed by atoms with Crippen LogP contribution < -0.4 is 20.5 Å². The summed E-state index contributed by atoms with van der Waals surface area (Å²) >= 11 is 0. The van der Waals surface area contributed by atoms with Crippen molar-refractivity contribution >= 4 is 22.6 Å². The Bertz CT molecular complexity index is 1190. The molecule has 2 heterocycles. The average Bonchev–Trinajstić information content (AvgIpc) is 2.88. The van der Waals surface area contributed by atoms with E-state index in [4.69, 9.17) is 20.2 Å². The van der Waals surface area contributed by atoms with Crippen LogP contribution in [-0.4, -0.2) is 65.8 Å². The second-order valence-corrected chi connectivity index (χ2v) is 9.43. The molecule has 2 aromatic carbocycles. The van der Waals surface area contributed by atoms with Crippen LogP contribution in [0.5, 0.6) is 11.5 Å². The van der Waals surface area contributed by atoms with Gasteiger partial charge in [0, 0.05) is 36.5 Å². The lowest BCUT2D eigenvalue weighted by atomic mass is 9.72. The van der Waals surface area contributed by atoms with E-state index in [-0.39, 0.29) is 17.7 Å². The maximum Gasteiger partial charge on any atom is 0.225 e. The normalized spacial score (nSPS) is 16.1. The Morgan fingerprint density at radius 2 is 1.81 bits per heavy atom. The molecule has 9 heteroatoms. The van der Waals surface area contributed by atoms with Gasteiger partial charge in [-0.3, -0.25) is 4.79 Å². The minimum Gasteiger partial charge on any atom is -0.493 e. The Balaban J connectivity index is 1.49. The van der Waals surface area contributed by atoms with Crippen LogP contribution >= 0.6 is 0 Å². The monoisotopic (exact) mass is 493 g/mol. The SMILES string of the molecule is COc1cc2nc(CNCC3(c4ccccc4)CCN(C(=O)CC(C)O)CC3)nc(N)c2cc1OC. The van der Waals surface area contributed by atoms with Gasteiger partial charge in [-0.2, -0.15) is 0 Å². The molecular formula is C27H35N5O4. The number of nitrogens with one attached hydrogen (secondary N) is 1. The van der Waals surface area contributed by atoms with Gasteiger partial charge in [0.2, 0.25) is 5.91 Å². The van der Waals surface area contributed by atoms with Crippen LogP contribution in [-0.2, 0) is 16.8 Å². The molecule has 3 aromatic rings. The highest BCUT2D eigenvalue weighted by Gasteiger charge is 2.37. The zero-order chi connectivity index (χ0) is 25.7. The fraction of sp³-hybridized carbons (Fsp3) is 0.444. The number of carbonyl (C=O) groups excluding carboxylic acids is 1. The van der Waals surface area contributed by atoms with Crippen molar-refractivity contribution in [3.63, 3.8) is 0 Å². The quantitative estimate of drug-likeness (QED) is 0.416. The number of ether oxygens (including phenoxy) is 2. The number of fused-ring (bicyclic) bond motifs is 1. The first-order valence-electron chi connectivity index (χ1n) is 12.3. The highest BCUT2D eigenvalue weighted by Crippen LogP contribution is 2.36. The first kappa shape index (κ1) is 25.7. The predicted molar refractivity (Wildman–Crippen MR) is 139 cm³/mol. The largest absolute Gasteiger partial charge is 0.493 e. The zero-order valence-corrected chi connectivity index (χ0v) is 21.2. The smallest absolute Gasteiger partial charge is 0.225 e. The third kappa shape index (κ3) is 5.52. The Kier molecular flexibility index (Phi) is 7.91. The Morgan fingerprint density at radius 1 is 1.14 bits per heavy atom. The number of nitrogen functional groups attached to an aromatic ring is 1. The van der Waals surface area contributed by atoms with Crippen molar-refractivity contribution in [3.05, 3.63) is 53.9 Å². The van der Waals surface area contributed by atoms with Gasteiger partial charge in [0.25, 0.3) is 0 Å². The number of amides is 1. The summed E-state index contributed by atoms with van der Waals surface area (Å²) in [7, 11) is 3.16. The summed E-state index contributed by atoms with van der Waals surface area (Å²) in [5.41, 5.74) is 8.07. The van der Waals surface area contributed by atoms with E-state index >= 15 is 0 Å². The molecule has 1 atom stereocenters. The van der Waals surface area contributed by atoms with E-state index < -0.39 is 6.10 Å². The van der Waals surface area contributed by atoms with E-state index in [2.05, 4.69) is 34.6 Å². The summed E-state index contributed by atoms with van der Waals surface area (Å²) in [5.74, 6) is 2.16. The number of benzene rings is 2. The molecular weight excluding hydrogens is 458 g/mol. The molecule has 0 saturated carbocycles. The third-order valence-electron chi connectivity index (χ3n) is 6.95. The van der Waals surface area contributed by atoms with E-state index in [0.717, 1.165) is 12.8 Å². The Hall–Kier alpha value is -3.43. The molecule has 36 heavy (non-hydrogen) atoms. The van der Waals surface area contributed by atoms with Crippen molar-refractivity contribution < 1.29 is 19.4 Å². The highest BCUT2D eigenvalue weighted by atomic mass is 16.5. The third-order valence-corrected chi connectivity index (χ3v) is 6.95. The number of likely N-dealkylation sites (tertiary alicyclic amines) is 1. The summed E-state index contributed by atoms with van der Waals surface area (Å²) in [6, 6.07) is 14.0. The minimum absolute atomic E-state index is 0.00622.